The molecule has 2 N–H and O–H groups in total. The number of nitrogens with zero attached hydrogens (tertiary/aromatic N) is 3. The maximum atomic E-state index is 13.2. The smallest absolute Gasteiger partial charge is 0.230 e. The van der Waals surface area contributed by atoms with Crippen molar-refractivity contribution in [3.8, 4) is 0 Å². The summed E-state index contributed by atoms with van der Waals surface area (Å²) >= 11 is 6.17. The van der Waals surface area contributed by atoms with Gasteiger partial charge in [0.25, 0.3) is 0 Å². The summed E-state index contributed by atoms with van der Waals surface area (Å²) < 4.78 is 0. The first-order valence-electron chi connectivity index (χ1n) is 11.4. The van der Waals surface area contributed by atoms with Gasteiger partial charge in [-0.15, -0.1) is 0 Å². The van der Waals surface area contributed by atoms with Crippen LogP contribution >= 0.6 is 11.6 Å². The van der Waals surface area contributed by atoms with Gasteiger partial charge in [0.05, 0.1) is 5.92 Å². The Morgan fingerprint density at radius 1 is 1.29 bits per heavy atom. The number of benzene rings is 1. The zero-order chi connectivity index (χ0) is 22.0. The van der Waals surface area contributed by atoms with Gasteiger partial charge in [-0.3, -0.25) is 15.0 Å². The lowest BCUT2D eigenvalue weighted by Crippen LogP contribution is -2.67. The van der Waals surface area contributed by atoms with E-state index in [0.29, 0.717) is 36.9 Å². The molecule has 3 aliphatic rings. The largest absolute Gasteiger partial charge is 0.352 e. The van der Waals surface area contributed by atoms with Crippen molar-refractivity contribution in [1.82, 2.24) is 20.5 Å². The Kier molecular flexibility index (Phi) is 6.70. The van der Waals surface area contributed by atoms with Crippen LogP contribution in [0.5, 0.6) is 0 Å². The molecule has 1 aromatic carbocycles. The van der Waals surface area contributed by atoms with Crippen molar-refractivity contribution < 1.29 is 9.59 Å². The monoisotopic (exact) mass is 445 g/mol. The SMILES string of the molecule is CC(C)CN1C(=O)C2CCCCC2N2C(CCC(=O)NCc3ccccc3Cl)=NNC12. The van der Waals surface area contributed by atoms with Gasteiger partial charge in [-0.1, -0.05) is 56.5 Å². The van der Waals surface area contributed by atoms with Gasteiger partial charge in [-0.05, 0) is 30.4 Å². The first-order chi connectivity index (χ1) is 15.0. The van der Waals surface area contributed by atoms with Crippen LogP contribution in [-0.4, -0.2) is 46.3 Å². The Morgan fingerprint density at radius 2 is 2.06 bits per heavy atom. The minimum Gasteiger partial charge on any atom is -0.352 e. The Bertz CT molecular complexity index is 858. The van der Waals surface area contributed by atoms with Crippen LogP contribution in [0.25, 0.3) is 0 Å². The molecule has 8 heteroatoms. The maximum Gasteiger partial charge on any atom is 0.230 e. The predicted molar refractivity (Wildman–Crippen MR) is 121 cm³/mol. The van der Waals surface area contributed by atoms with Crippen LogP contribution in [0, 0.1) is 11.8 Å². The molecule has 31 heavy (non-hydrogen) atoms. The first kappa shape index (κ1) is 21.9. The standard InChI is InChI=1S/C23H32ClN5O2/c1-15(2)14-28-22(31)17-8-4-6-10-19(17)29-20(26-27-23(28)29)11-12-21(30)25-13-16-7-3-5-9-18(16)24/h3,5,7,9,15,17,19,23,27H,4,6,8,10-14H2,1-2H3,(H,25,30). The Hall–Kier alpha value is -2.28. The van der Waals surface area contributed by atoms with Crippen molar-refractivity contribution in [1.29, 1.82) is 0 Å². The summed E-state index contributed by atoms with van der Waals surface area (Å²) in [5.74, 6) is 1.52. The lowest BCUT2D eigenvalue weighted by Gasteiger charge is -2.51. The molecule has 0 radical (unpaired) electrons. The molecule has 1 aliphatic carbocycles. The number of hydrogen-bond donors (Lipinski definition) is 2. The van der Waals surface area contributed by atoms with E-state index in [4.69, 9.17) is 11.6 Å². The minimum absolute atomic E-state index is 0.0293. The number of amides is 2. The predicted octanol–water partition coefficient (Wildman–Crippen LogP) is 3.30. The third-order valence-electron chi connectivity index (χ3n) is 6.42. The number of carbonyl (C=O) groups excluding carboxylic acids is 2. The highest BCUT2D eigenvalue weighted by molar-refractivity contribution is 6.31. The summed E-state index contributed by atoms with van der Waals surface area (Å²) in [6.45, 7) is 5.38. The Morgan fingerprint density at radius 3 is 2.84 bits per heavy atom. The van der Waals surface area contributed by atoms with E-state index in [1.54, 1.807) is 0 Å². The molecule has 0 aromatic heterocycles. The molecule has 2 amide bonds. The van der Waals surface area contributed by atoms with E-state index >= 15 is 0 Å². The fraction of sp³-hybridized carbons (Fsp3) is 0.609. The highest BCUT2D eigenvalue weighted by Crippen LogP contribution is 2.38. The van der Waals surface area contributed by atoms with Crippen molar-refractivity contribution in [2.75, 3.05) is 6.54 Å². The lowest BCUT2D eigenvalue weighted by molar-refractivity contribution is -0.156. The van der Waals surface area contributed by atoms with Gasteiger partial charge in [0, 0.05) is 37.0 Å². The van der Waals surface area contributed by atoms with Crippen LogP contribution in [0.2, 0.25) is 5.02 Å². The van der Waals surface area contributed by atoms with E-state index in [-0.39, 0.29) is 30.1 Å². The lowest BCUT2D eigenvalue weighted by atomic mass is 9.80. The summed E-state index contributed by atoms with van der Waals surface area (Å²) in [6, 6.07) is 7.70. The molecular weight excluding hydrogens is 414 g/mol. The van der Waals surface area contributed by atoms with Crippen LogP contribution in [-0.2, 0) is 16.1 Å². The highest BCUT2D eigenvalue weighted by atomic mass is 35.5. The molecule has 1 saturated heterocycles. The van der Waals surface area contributed by atoms with E-state index in [1.807, 2.05) is 29.2 Å². The van der Waals surface area contributed by atoms with Gasteiger partial charge >= 0.3 is 0 Å². The molecule has 2 aliphatic heterocycles. The van der Waals surface area contributed by atoms with Crippen molar-refractivity contribution in [2.45, 2.75) is 71.2 Å². The summed E-state index contributed by atoms with van der Waals surface area (Å²) in [4.78, 5) is 29.9. The fourth-order valence-corrected chi connectivity index (χ4v) is 5.17. The molecule has 3 unspecified atom stereocenters. The molecule has 3 atom stereocenters. The Labute approximate surface area is 189 Å². The second-order valence-electron chi connectivity index (χ2n) is 9.15. The van der Waals surface area contributed by atoms with E-state index < -0.39 is 0 Å². The van der Waals surface area contributed by atoms with Gasteiger partial charge in [0.2, 0.25) is 11.8 Å². The third kappa shape index (κ3) is 4.66. The number of hydrogen-bond acceptors (Lipinski definition) is 5. The van der Waals surface area contributed by atoms with Gasteiger partial charge in [0.15, 0.2) is 6.29 Å². The molecular formula is C23H32ClN5O2. The molecule has 1 aromatic rings. The van der Waals surface area contributed by atoms with Crippen LogP contribution in [0.3, 0.4) is 0 Å². The number of halogens is 1. The highest BCUT2D eigenvalue weighted by Gasteiger charge is 2.50. The molecule has 7 nitrogen and oxygen atoms in total. The normalized spacial score (nSPS) is 25.1. The number of hydrazone groups is 1. The molecule has 2 heterocycles. The topological polar surface area (TPSA) is 77.0 Å². The Balaban J connectivity index is 1.39. The van der Waals surface area contributed by atoms with Crippen LogP contribution < -0.4 is 10.7 Å². The fourth-order valence-electron chi connectivity index (χ4n) is 4.97. The molecule has 4 rings (SSSR count). The number of nitrogens with one attached hydrogen (secondary N) is 2. The van der Waals surface area contributed by atoms with Crippen LogP contribution in [0.1, 0.15) is 57.9 Å². The number of fused-ring (bicyclic) bond motifs is 3. The van der Waals surface area contributed by atoms with E-state index in [2.05, 4.69) is 34.6 Å². The minimum atomic E-state index is -0.226. The molecule has 2 fully saturated rings. The average Bonchev–Trinajstić information content (AvgIpc) is 3.18. The van der Waals surface area contributed by atoms with Gasteiger partial charge < -0.3 is 15.1 Å². The quantitative estimate of drug-likeness (QED) is 0.675. The van der Waals surface area contributed by atoms with Gasteiger partial charge in [-0.2, -0.15) is 5.10 Å². The number of rotatable bonds is 7. The van der Waals surface area contributed by atoms with E-state index in [1.165, 1.54) is 0 Å². The zero-order valence-electron chi connectivity index (χ0n) is 18.3. The van der Waals surface area contributed by atoms with E-state index in [9.17, 15) is 9.59 Å². The second kappa shape index (κ2) is 9.47. The average molecular weight is 446 g/mol. The molecule has 1 saturated carbocycles. The van der Waals surface area contributed by atoms with Crippen molar-refractivity contribution >= 4 is 29.3 Å². The first-order valence-corrected chi connectivity index (χ1v) is 11.7. The van der Waals surface area contributed by atoms with E-state index in [0.717, 1.165) is 37.1 Å². The number of carbonyl (C=O) groups is 2. The molecule has 0 spiro atoms. The van der Waals surface area contributed by atoms with Crippen LogP contribution in [0.4, 0.5) is 0 Å². The second-order valence-corrected chi connectivity index (χ2v) is 9.56. The summed E-state index contributed by atoms with van der Waals surface area (Å²) in [7, 11) is 0. The van der Waals surface area contributed by atoms with Crippen molar-refractivity contribution in [2.24, 2.45) is 16.9 Å². The van der Waals surface area contributed by atoms with Gasteiger partial charge in [0.1, 0.15) is 5.84 Å². The molecule has 168 valence electrons. The molecule has 0 bridgehead atoms. The van der Waals surface area contributed by atoms with Crippen LogP contribution in [0.15, 0.2) is 29.4 Å². The number of amidine groups is 1. The van der Waals surface area contributed by atoms with Crippen molar-refractivity contribution in [3.63, 3.8) is 0 Å². The summed E-state index contributed by atoms with van der Waals surface area (Å²) in [5, 5.41) is 8.17. The maximum absolute atomic E-state index is 13.2. The zero-order valence-corrected chi connectivity index (χ0v) is 19.1. The third-order valence-corrected chi connectivity index (χ3v) is 6.79. The van der Waals surface area contributed by atoms with Gasteiger partial charge in [-0.25, -0.2) is 0 Å². The summed E-state index contributed by atoms with van der Waals surface area (Å²) in [5.41, 5.74) is 4.09. The van der Waals surface area contributed by atoms with Crippen molar-refractivity contribution in [3.05, 3.63) is 34.9 Å². The summed E-state index contributed by atoms with van der Waals surface area (Å²) in [6.07, 6.45) is 4.84.